The third kappa shape index (κ3) is 7.33. The van der Waals surface area contributed by atoms with Crippen LogP contribution in [0.4, 0.5) is 0 Å². The summed E-state index contributed by atoms with van der Waals surface area (Å²) in [5.41, 5.74) is 3.35. The standard InChI is InChI=1S/C28H37BrN2O3/c1-4-21-15-16-26(24(29)17-21)34-19-27(32)31(18-22-13-11-20(3)12-14-22)25(5-2)28(33)30-23-9-7-6-8-10-23/h11-17,23,25H,4-10,18-19H2,1-3H3,(H,30,33)/t25-/m1/s1. The van der Waals surface area contributed by atoms with Crippen LogP contribution in [0.15, 0.2) is 46.9 Å². The predicted molar refractivity (Wildman–Crippen MR) is 140 cm³/mol. The minimum absolute atomic E-state index is 0.0664. The van der Waals surface area contributed by atoms with Gasteiger partial charge in [-0.15, -0.1) is 0 Å². The summed E-state index contributed by atoms with van der Waals surface area (Å²) in [4.78, 5) is 28.4. The molecule has 184 valence electrons. The van der Waals surface area contributed by atoms with Gasteiger partial charge in [-0.25, -0.2) is 0 Å². The van der Waals surface area contributed by atoms with Crippen LogP contribution in [0.3, 0.4) is 0 Å². The lowest BCUT2D eigenvalue weighted by Crippen LogP contribution is -2.52. The minimum Gasteiger partial charge on any atom is -0.483 e. The van der Waals surface area contributed by atoms with Crippen LogP contribution in [0.25, 0.3) is 0 Å². The Morgan fingerprint density at radius 2 is 1.74 bits per heavy atom. The first kappa shape index (κ1) is 26.3. The molecular formula is C28H37BrN2O3. The van der Waals surface area contributed by atoms with Gasteiger partial charge in [-0.2, -0.15) is 0 Å². The highest BCUT2D eigenvalue weighted by Crippen LogP contribution is 2.26. The quantitative estimate of drug-likeness (QED) is 0.414. The predicted octanol–water partition coefficient (Wildman–Crippen LogP) is 5.96. The molecule has 6 heteroatoms. The van der Waals surface area contributed by atoms with E-state index in [2.05, 4.69) is 28.2 Å². The molecule has 1 fully saturated rings. The Hall–Kier alpha value is -2.34. The Bertz CT molecular complexity index is 955. The second kappa shape index (κ2) is 12.9. The summed E-state index contributed by atoms with van der Waals surface area (Å²) in [5, 5.41) is 3.21. The van der Waals surface area contributed by atoms with Gasteiger partial charge in [-0.1, -0.05) is 69.0 Å². The molecule has 1 saturated carbocycles. The summed E-state index contributed by atoms with van der Waals surface area (Å²) in [7, 11) is 0. The SMILES string of the molecule is CCc1ccc(OCC(=O)N(Cc2ccc(C)cc2)[C@H](CC)C(=O)NC2CCCCC2)c(Br)c1. The zero-order valence-corrected chi connectivity index (χ0v) is 22.2. The van der Waals surface area contributed by atoms with E-state index in [0.29, 0.717) is 18.7 Å². The van der Waals surface area contributed by atoms with Gasteiger partial charge in [-0.3, -0.25) is 9.59 Å². The average molecular weight is 530 g/mol. The van der Waals surface area contributed by atoms with Gasteiger partial charge in [0.05, 0.1) is 4.47 Å². The van der Waals surface area contributed by atoms with Gasteiger partial charge in [0.25, 0.3) is 5.91 Å². The van der Waals surface area contributed by atoms with E-state index < -0.39 is 6.04 Å². The highest BCUT2D eigenvalue weighted by Gasteiger charge is 2.30. The van der Waals surface area contributed by atoms with Gasteiger partial charge in [0.15, 0.2) is 6.61 Å². The second-order valence-electron chi connectivity index (χ2n) is 9.18. The summed E-state index contributed by atoms with van der Waals surface area (Å²) >= 11 is 3.54. The molecule has 34 heavy (non-hydrogen) atoms. The van der Waals surface area contributed by atoms with Crippen molar-refractivity contribution < 1.29 is 14.3 Å². The van der Waals surface area contributed by atoms with Crippen molar-refractivity contribution in [2.45, 2.75) is 84.3 Å². The van der Waals surface area contributed by atoms with E-state index >= 15 is 0 Å². The number of aryl methyl sites for hydroxylation is 2. The van der Waals surface area contributed by atoms with Gasteiger partial charge in [-0.05, 0) is 71.8 Å². The number of carbonyl (C=O) groups excluding carboxylic acids is 2. The molecule has 0 aliphatic heterocycles. The lowest BCUT2D eigenvalue weighted by atomic mass is 9.95. The number of rotatable bonds is 10. The first-order valence-electron chi connectivity index (χ1n) is 12.5. The number of hydrogen-bond acceptors (Lipinski definition) is 3. The molecule has 2 aromatic rings. The monoisotopic (exact) mass is 528 g/mol. The number of hydrogen-bond donors (Lipinski definition) is 1. The molecule has 0 radical (unpaired) electrons. The fourth-order valence-electron chi connectivity index (χ4n) is 4.46. The van der Waals surface area contributed by atoms with E-state index in [-0.39, 0.29) is 24.5 Å². The van der Waals surface area contributed by atoms with E-state index in [4.69, 9.17) is 4.74 Å². The van der Waals surface area contributed by atoms with Crippen LogP contribution in [0, 0.1) is 6.92 Å². The Kier molecular flexibility index (Phi) is 10.00. The maximum absolute atomic E-state index is 13.4. The van der Waals surface area contributed by atoms with Crippen molar-refractivity contribution >= 4 is 27.7 Å². The number of nitrogens with one attached hydrogen (secondary N) is 1. The fraction of sp³-hybridized carbons (Fsp3) is 0.500. The summed E-state index contributed by atoms with van der Waals surface area (Å²) in [6, 6.07) is 13.7. The minimum atomic E-state index is -0.537. The molecular weight excluding hydrogens is 492 g/mol. The largest absolute Gasteiger partial charge is 0.483 e. The number of carbonyl (C=O) groups is 2. The summed E-state index contributed by atoms with van der Waals surface area (Å²) in [5.74, 6) is 0.363. The first-order chi connectivity index (χ1) is 16.4. The number of amides is 2. The van der Waals surface area contributed by atoms with Crippen molar-refractivity contribution in [1.82, 2.24) is 10.2 Å². The van der Waals surface area contributed by atoms with Crippen LogP contribution < -0.4 is 10.1 Å². The molecule has 1 atom stereocenters. The van der Waals surface area contributed by atoms with Crippen LogP contribution in [-0.4, -0.2) is 35.4 Å². The van der Waals surface area contributed by atoms with Crippen molar-refractivity contribution in [2.75, 3.05) is 6.61 Å². The summed E-state index contributed by atoms with van der Waals surface area (Å²) in [6.45, 7) is 6.34. The smallest absolute Gasteiger partial charge is 0.261 e. The first-order valence-corrected chi connectivity index (χ1v) is 13.3. The lowest BCUT2D eigenvalue weighted by Gasteiger charge is -2.32. The van der Waals surface area contributed by atoms with E-state index in [0.717, 1.165) is 47.7 Å². The third-order valence-electron chi connectivity index (χ3n) is 6.57. The van der Waals surface area contributed by atoms with E-state index in [1.165, 1.54) is 12.0 Å². The van der Waals surface area contributed by atoms with Gasteiger partial charge < -0.3 is 15.0 Å². The molecule has 0 unspecified atom stereocenters. The van der Waals surface area contributed by atoms with E-state index in [1.54, 1.807) is 4.90 Å². The highest BCUT2D eigenvalue weighted by molar-refractivity contribution is 9.10. The number of ether oxygens (including phenoxy) is 1. The zero-order chi connectivity index (χ0) is 24.5. The van der Waals surface area contributed by atoms with Crippen LogP contribution in [0.1, 0.15) is 69.1 Å². The number of halogens is 1. The second-order valence-corrected chi connectivity index (χ2v) is 10.0. The number of nitrogens with zero attached hydrogens (tertiary/aromatic N) is 1. The van der Waals surface area contributed by atoms with Crippen LogP contribution in [-0.2, 0) is 22.6 Å². The molecule has 3 rings (SSSR count). The van der Waals surface area contributed by atoms with Gasteiger partial charge in [0.2, 0.25) is 5.91 Å². The van der Waals surface area contributed by atoms with E-state index in [9.17, 15) is 9.59 Å². The molecule has 0 bridgehead atoms. The molecule has 0 saturated heterocycles. The van der Waals surface area contributed by atoms with Crippen molar-refractivity contribution in [3.8, 4) is 5.75 Å². The molecule has 0 heterocycles. The van der Waals surface area contributed by atoms with Crippen LogP contribution in [0.5, 0.6) is 5.75 Å². The number of benzene rings is 2. The highest BCUT2D eigenvalue weighted by atomic mass is 79.9. The molecule has 1 aliphatic carbocycles. The van der Waals surface area contributed by atoms with Gasteiger partial charge in [0.1, 0.15) is 11.8 Å². The van der Waals surface area contributed by atoms with Crippen molar-refractivity contribution in [3.63, 3.8) is 0 Å². The van der Waals surface area contributed by atoms with Crippen LogP contribution >= 0.6 is 15.9 Å². The van der Waals surface area contributed by atoms with E-state index in [1.807, 2.05) is 56.3 Å². The Balaban J connectivity index is 1.75. The lowest BCUT2D eigenvalue weighted by molar-refractivity contribution is -0.143. The molecule has 0 aromatic heterocycles. The zero-order valence-electron chi connectivity index (χ0n) is 20.6. The fourth-order valence-corrected chi connectivity index (χ4v) is 5.00. The molecule has 1 aliphatic rings. The molecule has 5 nitrogen and oxygen atoms in total. The Morgan fingerprint density at radius 1 is 1.06 bits per heavy atom. The Labute approximate surface area is 212 Å². The van der Waals surface area contributed by atoms with Gasteiger partial charge in [0, 0.05) is 12.6 Å². The van der Waals surface area contributed by atoms with Gasteiger partial charge >= 0.3 is 0 Å². The van der Waals surface area contributed by atoms with Crippen molar-refractivity contribution in [1.29, 1.82) is 0 Å². The third-order valence-corrected chi connectivity index (χ3v) is 7.19. The average Bonchev–Trinajstić information content (AvgIpc) is 2.84. The van der Waals surface area contributed by atoms with Crippen LogP contribution in [0.2, 0.25) is 0 Å². The normalized spacial score (nSPS) is 14.9. The summed E-state index contributed by atoms with van der Waals surface area (Å²) < 4.78 is 6.72. The molecule has 0 spiro atoms. The topological polar surface area (TPSA) is 58.6 Å². The van der Waals surface area contributed by atoms with Crippen molar-refractivity contribution in [2.24, 2.45) is 0 Å². The Morgan fingerprint density at radius 3 is 2.35 bits per heavy atom. The maximum atomic E-state index is 13.4. The maximum Gasteiger partial charge on any atom is 0.261 e. The van der Waals surface area contributed by atoms with Crippen molar-refractivity contribution in [3.05, 3.63) is 63.6 Å². The molecule has 2 aromatic carbocycles. The molecule has 1 N–H and O–H groups in total. The summed E-state index contributed by atoms with van der Waals surface area (Å²) in [6.07, 6.45) is 7.02. The molecule has 2 amide bonds.